The van der Waals surface area contributed by atoms with Crippen molar-refractivity contribution >= 4 is 29.6 Å². The fraction of sp³-hybridized carbons (Fsp3) is 0.875. The van der Waals surface area contributed by atoms with Crippen molar-refractivity contribution in [3.63, 3.8) is 0 Å². The van der Waals surface area contributed by atoms with Gasteiger partial charge in [0.15, 0.2) is 0 Å². The Morgan fingerprint density at radius 1 is 1.77 bits per heavy atom. The lowest BCUT2D eigenvalue weighted by molar-refractivity contribution is 0.213. The van der Waals surface area contributed by atoms with E-state index in [2.05, 4.69) is 0 Å². The number of nitrogens with zero attached hydrogens (tertiary/aromatic N) is 1. The van der Waals surface area contributed by atoms with E-state index in [-0.39, 0.29) is 6.03 Å². The number of urea groups is 1. The van der Waals surface area contributed by atoms with Crippen LogP contribution in [0.4, 0.5) is 4.79 Å². The van der Waals surface area contributed by atoms with Gasteiger partial charge in [-0.25, -0.2) is 4.79 Å². The number of carbonyl (C=O) groups excluding carboxylic acids is 1. The Morgan fingerprint density at radius 3 is 2.92 bits per heavy atom. The fourth-order valence-electron chi connectivity index (χ4n) is 0.978. The smallest absolute Gasteiger partial charge is 0.314 e. The number of nitrogens with two attached hydrogens (primary N) is 1. The monoisotopic (exact) mass is 220 g/mol. The predicted octanol–water partition coefficient (Wildman–Crippen LogP) is 1.24. The number of primary amides is 1. The Bertz CT molecular complexity index is 174. The van der Waals surface area contributed by atoms with E-state index in [1.807, 2.05) is 30.4 Å². The van der Waals surface area contributed by atoms with Crippen LogP contribution >= 0.6 is 23.5 Å². The largest absolute Gasteiger partial charge is 0.351 e. The molecular formula is C8H16N2OS2. The summed E-state index contributed by atoms with van der Waals surface area (Å²) in [6.45, 7) is 3.45. The lowest BCUT2D eigenvalue weighted by Crippen LogP contribution is -2.37. The number of carbonyl (C=O) groups is 1. The summed E-state index contributed by atoms with van der Waals surface area (Å²) in [4.78, 5) is 12.5. The van der Waals surface area contributed by atoms with E-state index < -0.39 is 0 Å². The second-order valence-electron chi connectivity index (χ2n) is 2.95. The molecule has 0 bridgehead atoms. The topological polar surface area (TPSA) is 46.3 Å². The lowest BCUT2D eigenvalue weighted by Gasteiger charge is -2.17. The van der Waals surface area contributed by atoms with Crippen LogP contribution in [0.3, 0.4) is 0 Å². The summed E-state index contributed by atoms with van der Waals surface area (Å²) < 4.78 is 0. The molecule has 0 radical (unpaired) electrons. The van der Waals surface area contributed by atoms with Gasteiger partial charge in [0.2, 0.25) is 0 Å². The van der Waals surface area contributed by atoms with Crippen LogP contribution in [0.5, 0.6) is 0 Å². The molecule has 2 amide bonds. The number of rotatable bonds is 6. The van der Waals surface area contributed by atoms with Gasteiger partial charge in [0, 0.05) is 35.6 Å². The molecule has 1 rings (SSSR count). The molecule has 1 atom stereocenters. The second kappa shape index (κ2) is 5.65. The molecule has 5 heteroatoms. The van der Waals surface area contributed by atoms with Crippen LogP contribution in [0.2, 0.25) is 0 Å². The summed E-state index contributed by atoms with van der Waals surface area (Å²) in [6.07, 6.45) is 0. The Hall–Kier alpha value is -0.0300. The normalized spacial score (nSPS) is 19.9. The summed E-state index contributed by atoms with van der Waals surface area (Å²) in [5, 5.41) is 0.883. The van der Waals surface area contributed by atoms with Gasteiger partial charge in [0.05, 0.1) is 0 Å². The third-order valence-electron chi connectivity index (χ3n) is 1.91. The first kappa shape index (κ1) is 11.0. The molecule has 0 spiro atoms. The number of thioether (sulfide) groups is 2. The van der Waals surface area contributed by atoms with Crippen molar-refractivity contribution in [1.29, 1.82) is 0 Å². The highest BCUT2D eigenvalue weighted by atomic mass is 32.2. The maximum absolute atomic E-state index is 10.8. The highest BCUT2D eigenvalue weighted by Gasteiger charge is 2.21. The Kier molecular flexibility index (Phi) is 4.80. The summed E-state index contributed by atoms with van der Waals surface area (Å²) >= 11 is 3.93. The van der Waals surface area contributed by atoms with Crippen LogP contribution in [0, 0.1) is 0 Å². The van der Waals surface area contributed by atoms with E-state index >= 15 is 0 Å². The molecule has 1 aliphatic rings. The molecule has 76 valence electrons. The molecule has 3 nitrogen and oxygen atoms in total. The van der Waals surface area contributed by atoms with Crippen LogP contribution in [0.1, 0.15) is 6.92 Å². The average Bonchev–Trinajstić information content (AvgIpc) is 2.87. The standard InChI is InChI=1S/C8H16N2OS2/c1-2-10(8(9)11)3-4-12-5-7-6-13-7/h7H,2-6H2,1H3,(H2,9,11). The summed E-state index contributed by atoms with van der Waals surface area (Å²) in [5.41, 5.74) is 5.18. The van der Waals surface area contributed by atoms with Crippen molar-refractivity contribution in [3.05, 3.63) is 0 Å². The molecule has 2 N–H and O–H groups in total. The van der Waals surface area contributed by atoms with E-state index in [0.717, 1.165) is 17.5 Å². The van der Waals surface area contributed by atoms with E-state index in [4.69, 9.17) is 5.73 Å². The van der Waals surface area contributed by atoms with E-state index in [9.17, 15) is 4.79 Å². The van der Waals surface area contributed by atoms with Crippen molar-refractivity contribution in [2.24, 2.45) is 5.73 Å². The van der Waals surface area contributed by atoms with Gasteiger partial charge in [0.1, 0.15) is 0 Å². The minimum absolute atomic E-state index is 0.302. The van der Waals surface area contributed by atoms with Crippen molar-refractivity contribution in [2.45, 2.75) is 12.2 Å². The highest BCUT2D eigenvalue weighted by molar-refractivity contribution is 8.08. The first-order valence-electron chi connectivity index (χ1n) is 4.47. The van der Waals surface area contributed by atoms with Crippen molar-refractivity contribution in [2.75, 3.05) is 30.3 Å². The van der Waals surface area contributed by atoms with Crippen molar-refractivity contribution < 1.29 is 4.79 Å². The summed E-state index contributed by atoms with van der Waals surface area (Å²) in [5.74, 6) is 3.55. The molecular weight excluding hydrogens is 204 g/mol. The summed E-state index contributed by atoms with van der Waals surface area (Å²) in [7, 11) is 0. The zero-order valence-electron chi connectivity index (χ0n) is 7.86. The first-order valence-corrected chi connectivity index (χ1v) is 6.68. The molecule has 1 fully saturated rings. The predicted molar refractivity (Wildman–Crippen MR) is 60.4 cm³/mol. The lowest BCUT2D eigenvalue weighted by atomic mass is 10.5. The van der Waals surface area contributed by atoms with Gasteiger partial charge in [-0.1, -0.05) is 0 Å². The minimum atomic E-state index is -0.302. The molecule has 1 saturated heterocycles. The SMILES string of the molecule is CCN(CCSCC1CS1)C(N)=O. The number of amides is 2. The molecule has 0 aliphatic carbocycles. The molecule has 13 heavy (non-hydrogen) atoms. The van der Waals surface area contributed by atoms with Crippen LogP contribution in [0.15, 0.2) is 0 Å². The van der Waals surface area contributed by atoms with Gasteiger partial charge in [-0.15, -0.1) is 0 Å². The van der Waals surface area contributed by atoms with Crippen LogP contribution < -0.4 is 5.73 Å². The molecule has 1 heterocycles. The Balaban J connectivity index is 1.98. The third-order valence-corrected chi connectivity index (χ3v) is 4.20. The van der Waals surface area contributed by atoms with Crippen LogP contribution in [-0.2, 0) is 0 Å². The zero-order valence-corrected chi connectivity index (χ0v) is 9.50. The van der Waals surface area contributed by atoms with Gasteiger partial charge < -0.3 is 10.6 Å². The molecule has 0 saturated carbocycles. The quantitative estimate of drug-likeness (QED) is 0.541. The van der Waals surface area contributed by atoms with E-state index in [0.29, 0.717) is 6.54 Å². The molecule has 1 aliphatic heterocycles. The molecule has 0 aromatic carbocycles. The molecule has 1 unspecified atom stereocenters. The fourth-order valence-corrected chi connectivity index (χ4v) is 2.95. The Morgan fingerprint density at radius 2 is 2.46 bits per heavy atom. The van der Waals surface area contributed by atoms with Gasteiger partial charge >= 0.3 is 6.03 Å². The van der Waals surface area contributed by atoms with Gasteiger partial charge in [-0.3, -0.25) is 0 Å². The number of hydrogen-bond donors (Lipinski definition) is 1. The van der Waals surface area contributed by atoms with Crippen LogP contribution in [0.25, 0.3) is 0 Å². The second-order valence-corrected chi connectivity index (χ2v) is 5.43. The minimum Gasteiger partial charge on any atom is -0.351 e. The molecule has 0 aromatic rings. The molecule has 0 aromatic heterocycles. The van der Waals surface area contributed by atoms with E-state index in [1.165, 1.54) is 11.5 Å². The average molecular weight is 220 g/mol. The van der Waals surface area contributed by atoms with Gasteiger partial charge in [-0.05, 0) is 6.92 Å². The first-order chi connectivity index (χ1) is 6.24. The maximum atomic E-state index is 10.8. The third kappa shape index (κ3) is 4.67. The van der Waals surface area contributed by atoms with Crippen LogP contribution in [-0.4, -0.2) is 46.5 Å². The summed E-state index contributed by atoms with van der Waals surface area (Å²) in [6, 6.07) is -0.302. The zero-order chi connectivity index (χ0) is 9.68. The van der Waals surface area contributed by atoms with Crippen molar-refractivity contribution in [3.8, 4) is 0 Å². The maximum Gasteiger partial charge on any atom is 0.314 e. The van der Waals surface area contributed by atoms with E-state index in [1.54, 1.807) is 4.90 Å². The Labute approximate surface area is 87.8 Å². The number of hydrogen-bond acceptors (Lipinski definition) is 3. The highest BCUT2D eigenvalue weighted by Crippen LogP contribution is 2.32. The van der Waals surface area contributed by atoms with Gasteiger partial charge in [-0.2, -0.15) is 23.5 Å². The van der Waals surface area contributed by atoms with Gasteiger partial charge in [0.25, 0.3) is 0 Å². The van der Waals surface area contributed by atoms with Crippen molar-refractivity contribution in [1.82, 2.24) is 4.90 Å².